The van der Waals surface area contributed by atoms with E-state index >= 15 is 0 Å². The van der Waals surface area contributed by atoms with Gasteiger partial charge in [0, 0.05) is 16.5 Å². The highest BCUT2D eigenvalue weighted by atomic mass is 79.9. The van der Waals surface area contributed by atoms with Crippen molar-refractivity contribution >= 4 is 33.2 Å². The van der Waals surface area contributed by atoms with Gasteiger partial charge in [-0.1, -0.05) is 0 Å². The maximum Gasteiger partial charge on any atom is 0.249 e. The van der Waals surface area contributed by atoms with E-state index in [0.717, 1.165) is 9.35 Å². The molecule has 0 saturated carbocycles. The largest absolute Gasteiger partial charge is 0.372 e. The molecule has 14 heavy (non-hydrogen) atoms. The third-order valence-corrected chi connectivity index (χ3v) is 3.76. The van der Waals surface area contributed by atoms with Gasteiger partial charge in [-0.2, -0.15) is 0 Å². The Labute approximate surface area is 95.6 Å². The summed E-state index contributed by atoms with van der Waals surface area (Å²) in [5.74, 6) is -0.0900. The highest BCUT2D eigenvalue weighted by Crippen LogP contribution is 2.22. The minimum Gasteiger partial charge on any atom is -0.372 e. The summed E-state index contributed by atoms with van der Waals surface area (Å²) >= 11 is 5.01. The van der Waals surface area contributed by atoms with Crippen LogP contribution in [0.4, 0.5) is 0 Å². The smallest absolute Gasteiger partial charge is 0.249 e. The molecule has 1 heterocycles. The van der Waals surface area contributed by atoms with Gasteiger partial charge >= 0.3 is 0 Å². The Morgan fingerprint density at radius 1 is 1.79 bits per heavy atom. The average molecular weight is 278 g/mol. The fraction of sp³-hybridized carbons (Fsp3) is 0.444. The summed E-state index contributed by atoms with van der Waals surface area (Å²) in [5.41, 5.74) is 0. The molecule has 1 rings (SSSR count). The number of amides is 1. The lowest BCUT2D eigenvalue weighted by molar-refractivity contribution is -0.130. The number of carbonyl (C=O) groups excluding carboxylic acids is 1. The number of rotatable bonds is 4. The lowest BCUT2D eigenvalue weighted by Crippen LogP contribution is -2.33. The van der Waals surface area contributed by atoms with E-state index in [1.165, 1.54) is 7.11 Å². The number of nitrogens with one attached hydrogen (secondary N) is 1. The number of halogens is 1. The van der Waals surface area contributed by atoms with Gasteiger partial charge in [0.15, 0.2) is 0 Å². The van der Waals surface area contributed by atoms with E-state index in [1.807, 2.05) is 11.4 Å². The molecule has 0 aliphatic carbocycles. The van der Waals surface area contributed by atoms with Crippen molar-refractivity contribution in [1.82, 2.24) is 5.32 Å². The van der Waals surface area contributed by atoms with Crippen molar-refractivity contribution in [2.45, 2.75) is 19.6 Å². The SMILES string of the molecule is COC(C)C(=O)NCc1sccc1Br. The number of carbonyl (C=O) groups is 1. The van der Waals surface area contributed by atoms with Crippen molar-refractivity contribution in [2.75, 3.05) is 7.11 Å². The summed E-state index contributed by atoms with van der Waals surface area (Å²) in [5, 5.41) is 4.77. The fourth-order valence-electron chi connectivity index (χ4n) is 0.869. The van der Waals surface area contributed by atoms with Crippen LogP contribution in [0.15, 0.2) is 15.9 Å². The zero-order chi connectivity index (χ0) is 10.6. The molecule has 0 aliphatic rings. The molecular formula is C9H12BrNO2S. The molecule has 5 heteroatoms. The summed E-state index contributed by atoms with van der Waals surface area (Å²) in [6.45, 7) is 2.27. The van der Waals surface area contributed by atoms with Gasteiger partial charge in [-0.3, -0.25) is 4.79 Å². The van der Waals surface area contributed by atoms with Crippen LogP contribution in [-0.4, -0.2) is 19.1 Å². The molecule has 1 unspecified atom stereocenters. The van der Waals surface area contributed by atoms with Crippen molar-refractivity contribution in [3.63, 3.8) is 0 Å². The molecular weight excluding hydrogens is 266 g/mol. The summed E-state index contributed by atoms with van der Waals surface area (Å²) in [4.78, 5) is 12.4. The molecule has 1 atom stereocenters. The van der Waals surface area contributed by atoms with E-state index in [2.05, 4.69) is 21.2 Å². The summed E-state index contributed by atoms with van der Waals surface area (Å²) in [6, 6.07) is 1.96. The van der Waals surface area contributed by atoms with E-state index in [9.17, 15) is 4.79 Å². The maximum atomic E-state index is 11.3. The average Bonchev–Trinajstić information content (AvgIpc) is 2.59. The topological polar surface area (TPSA) is 38.3 Å². The fourth-order valence-corrected chi connectivity index (χ4v) is 2.30. The minimum atomic E-state index is -0.395. The predicted molar refractivity (Wildman–Crippen MR) is 60.3 cm³/mol. The van der Waals surface area contributed by atoms with Gasteiger partial charge in [0.25, 0.3) is 0 Å². The van der Waals surface area contributed by atoms with E-state index in [-0.39, 0.29) is 5.91 Å². The first-order valence-corrected chi connectivity index (χ1v) is 5.84. The minimum absolute atomic E-state index is 0.0900. The van der Waals surface area contributed by atoms with Crippen molar-refractivity contribution in [3.05, 3.63) is 20.8 Å². The van der Waals surface area contributed by atoms with E-state index in [0.29, 0.717) is 6.54 Å². The monoisotopic (exact) mass is 277 g/mol. The van der Waals surface area contributed by atoms with Crippen LogP contribution in [0.3, 0.4) is 0 Å². The Kier molecular flexibility index (Phi) is 4.57. The summed E-state index contributed by atoms with van der Waals surface area (Å²) in [6.07, 6.45) is -0.395. The van der Waals surface area contributed by atoms with Gasteiger partial charge in [-0.05, 0) is 34.3 Å². The normalized spacial score (nSPS) is 12.5. The van der Waals surface area contributed by atoms with Crippen LogP contribution in [0.2, 0.25) is 0 Å². The van der Waals surface area contributed by atoms with Gasteiger partial charge in [0.1, 0.15) is 6.10 Å². The van der Waals surface area contributed by atoms with Crippen molar-refractivity contribution in [1.29, 1.82) is 0 Å². The number of thiophene rings is 1. The molecule has 1 aromatic heterocycles. The van der Waals surface area contributed by atoms with Crippen LogP contribution in [0, 0.1) is 0 Å². The van der Waals surface area contributed by atoms with Crippen molar-refractivity contribution in [3.8, 4) is 0 Å². The third-order valence-electron chi connectivity index (χ3n) is 1.84. The molecule has 0 radical (unpaired) electrons. The molecule has 0 aliphatic heterocycles. The predicted octanol–water partition coefficient (Wildman–Crippen LogP) is 2.16. The molecule has 0 bridgehead atoms. The van der Waals surface area contributed by atoms with Gasteiger partial charge in [-0.15, -0.1) is 11.3 Å². The second-order valence-corrected chi connectivity index (χ2v) is 4.64. The molecule has 0 aromatic carbocycles. The first-order valence-electron chi connectivity index (χ1n) is 4.17. The van der Waals surface area contributed by atoms with Crippen LogP contribution < -0.4 is 5.32 Å². The van der Waals surface area contributed by atoms with E-state index < -0.39 is 6.10 Å². The van der Waals surface area contributed by atoms with Crippen LogP contribution in [-0.2, 0) is 16.1 Å². The quantitative estimate of drug-likeness (QED) is 0.916. The van der Waals surface area contributed by atoms with Crippen LogP contribution in [0.25, 0.3) is 0 Å². The Morgan fingerprint density at radius 2 is 2.50 bits per heavy atom. The number of hydrogen-bond acceptors (Lipinski definition) is 3. The second kappa shape index (κ2) is 5.48. The zero-order valence-corrected chi connectivity index (χ0v) is 10.4. The maximum absolute atomic E-state index is 11.3. The molecule has 1 N–H and O–H groups in total. The molecule has 3 nitrogen and oxygen atoms in total. The zero-order valence-electron chi connectivity index (χ0n) is 8.04. The summed E-state index contributed by atoms with van der Waals surface area (Å²) < 4.78 is 5.93. The molecule has 0 fully saturated rings. The molecule has 78 valence electrons. The van der Waals surface area contributed by atoms with Gasteiger partial charge in [0.05, 0.1) is 6.54 Å². The Morgan fingerprint density at radius 3 is 3.00 bits per heavy atom. The van der Waals surface area contributed by atoms with Crippen molar-refractivity contribution in [2.24, 2.45) is 0 Å². The van der Waals surface area contributed by atoms with Gasteiger partial charge in [0.2, 0.25) is 5.91 Å². The first kappa shape index (κ1) is 11.7. The molecule has 1 aromatic rings. The molecule has 0 saturated heterocycles. The van der Waals surface area contributed by atoms with Gasteiger partial charge in [-0.25, -0.2) is 0 Å². The van der Waals surface area contributed by atoms with Gasteiger partial charge < -0.3 is 10.1 Å². The highest BCUT2D eigenvalue weighted by Gasteiger charge is 2.11. The van der Waals surface area contributed by atoms with Crippen molar-refractivity contribution < 1.29 is 9.53 Å². The number of ether oxygens (including phenoxy) is 1. The number of hydrogen-bond donors (Lipinski definition) is 1. The lowest BCUT2D eigenvalue weighted by atomic mass is 10.3. The van der Waals surface area contributed by atoms with Crippen LogP contribution >= 0.6 is 27.3 Å². The first-order chi connectivity index (χ1) is 6.65. The standard InChI is InChI=1S/C9H12BrNO2S/c1-6(13-2)9(12)11-5-8-7(10)3-4-14-8/h3-4,6H,5H2,1-2H3,(H,11,12). The Balaban J connectivity index is 2.41. The third kappa shape index (κ3) is 3.08. The van der Waals surface area contributed by atoms with E-state index in [1.54, 1.807) is 18.3 Å². The summed E-state index contributed by atoms with van der Waals surface area (Å²) in [7, 11) is 1.52. The molecule has 0 spiro atoms. The Hall–Kier alpha value is -0.390. The van der Waals surface area contributed by atoms with Crippen LogP contribution in [0.5, 0.6) is 0 Å². The Bertz CT molecular complexity index is 314. The second-order valence-electron chi connectivity index (χ2n) is 2.79. The van der Waals surface area contributed by atoms with Crippen LogP contribution in [0.1, 0.15) is 11.8 Å². The van der Waals surface area contributed by atoms with E-state index in [4.69, 9.17) is 4.74 Å². The molecule has 1 amide bonds. The lowest BCUT2D eigenvalue weighted by Gasteiger charge is -2.09. The number of methoxy groups -OCH3 is 1. The highest BCUT2D eigenvalue weighted by molar-refractivity contribution is 9.10.